The van der Waals surface area contributed by atoms with E-state index in [2.05, 4.69) is 46.4 Å². The summed E-state index contributed by atoms with van der Waals surface area (Å²) in [7, 11) is 0. The normalized spacial score (nSPS) is 17.7. The lowest BCUT2D eigenvalue weighted by atomic mass is 9.95. The number of hydrogen-bond donors (Lipinski definition) is 1. The Morgan fingerprint density at radius 3 is 2.89 bits per heavy atom. The average molecular weight is 343 g/mol. The van der Waals surface area contributed by atoms with Crippen molar-refractivity contribution in [1.82, 2.24) is 5.32 Å². The predicted octanol–water partition coefficient (Wildman–Crippen LogP) is 5.64. The molecule has 1 aliphatic carbocycles. The highest BCUT2D eigenvalue weighted by Gasteiger charge is 2.17. The SMILES string of the molecule is CCNC(C1=CCCCCC1)c1ccc(Cl)c(Br)c1. The molecule has 0 spiro atoms. The Bertz CT molecular complexity index is 456. The Morgan fingerprint density at radius 1 is 1.32 bits per heavy atom. The van der Waals surface area contributed by atoms with Crippen LogP contribution < -0.4 is 5.32 Å². The molecule has 104 valence electrons. The first kappa shape index (κ1) is 15.1. The molecule has 0 aromatic heterocycles. The van der Waals surface area contributed by atoms with Crippen molar-refractivity contribution in [2.75, 3.05) is 6.54 Å². The molecule has 0 amide bonds. The van der Waals surface area contributed by atoms with Gasteiger partial charge in [-0.25, -0.2) is 0 Å². The number of halogens is 2. The minimum atomic E-state index is 0.330. The van der Waals surface area contributed by atoms with Crippen LogP contribution in [-0.4, -0.2) is 6.54 Å². The van der Waals surface area contributed by atoms with Gasteiger partial charge in [0.25, 0.3) is 0 Å². The van der Waals surface area contributed by atoms with Gasteiger partial charge in [0.2, 0.25) is 0 Å². The number of allylic oxidation sites excluding steroid dienone is 1. The van der Waals surface area contributed by atoms with Crippen molar-refractivity contribution in [3.05, 3.63) is 44.9 Å². The van der Waals surface area contributed by atoms with Crippen LogP contribution in [0, 0.1) is 0 Å². The minimum absolute atomic E-state index is 0.330. The molecule has 0 fully saturated rings. The second kappa shape index (κ2) is 7.47. The van der Waals surface area contributed by atoms with Crippen LogP contribution in [0.3, 0.4) is 0 Å². The zero-order valence-electron chi connectivity index (χ0n) is 11.4. The van der Waals surface area contributed by atoms with Gasteiger partial charge in [-0.1, -0.05) is 42.7 Å². The molecule has 1 unspecified atom stereocenters. The molecule has 0 saturated carbocycles. The Labute approximate surface area is 129 Å². The van der Waals surface area contributed by atoms with Crippen LogP contribution in [0.4, 0.5) is 0 Å². The summed E-state index contributed by atoms with van der Waals surface area (Å²) in [5.41, 5.74) is 2.83. The van der Waals surface area contributed by atoms with Crippen LogP contribution >= 0.6 is 27.5 Å². The third kappa shape index (κ3) is 4.08. The third-order valence-corrected chi connectivity index (χ3v) is 4.85. The Kier molecular flexibility index (Phi) is 5.93. The molecule has 19 heavy (non-hydrogen) atoms. The summed E-state index contributed by atoms with van der Waals surface area (Å²) < 4.78 is 0.976. The van der Waals surface area contributed by atoms with E-state index in [1.165, 1.54) is 43.2 Å². The molecule has 0 bridgehead atoms. The molecule has 1 atom stereocenters. The maximum absolute atomic E-state index is 6.09. The second-order valence-electron chi connectivity index (χ2n) is 5.04. The highest BCUT2D eigenvalue weighted by atomic mass is 79.9. The van der Waals surface area contributed by atoms with Gasteiger partial charge in [-0.3, -0.25) is 0 Å². The quantitative estimate of drug-likeness (QED) is 0.698. The maximum Gasteiger partial charge on any atom is 0.0548 e. The van der Waals surface area contributed by atoms with Crippen molar-refractivity contribution in [2.24, 2.45) is 0 Å². The lowest BCUT2D eigenvalue weighted by Crippen LogP contribution is -2.22. The largest absolute Gasteiger partial charge is 0.307 e. The van der Waals surface area contributed by atoms with Gasteiger partial charge < -0.3 is 5.32 Å². The van der Waals surface area contributed by atoms with E-state index in [4.69, 9.17) is 11.6 Å². The Balaban J connectivity index is 2.27. The van der Waals surface area contributed by atoms with Crippen LogP contribution in [-0.2, 0) is 0 Å². The molecular formula is C16H21BrClN. The molecule has 1 aromatic carbocycles. The highest BCUT2D eigenvalue weighted by Crippen LogP contribution is 2.32. The molecule has 0 radical (unpaired) electrons. The summed E-state index contributed by atoms with van der Waals surface area (Å²) in [4.78, 5) is 0. The van der Waals surface area contributed by atoms with Gasteiger partial charge in [0, 0.05) is 4.47 Å². The van der Waals surface area contributed by atoms with Crippen molar-refractivity contribution in [3.8, 4) is 0 Å². The van der Waals surface area contributed by atoms with Crippen molar-refractivity contribution in [1.29, 1.82) is 0 Å². The number of nitrogens with one attached hydrogen (secondary N) is 1. The van der Waals surface area contributed by atoms with Crippen LogP contribution in [0.2, 0.25) is 5.02 Å². The molecule has 1 aliphatic rings. The Hall–Kier alpha value is -0.310. The van der Waals surface area contributed by atoms with Crippen molar-refractivity contribution >= 4 is 27.5 Å². The van der Waals surface area contributed by atoms with Gasteiger partial charge in [0.05, 0.1) is 11.1 Å². The fourth-order valence-corrected chi connectivity index (χ4v) is 3.18. The molecule has 1 nitrogen and oxygen atoms in total. The Morgan fingerprint density at radius 2 is 2.16 bits per heavy atom. The van der Waals surface area contributed by atoms with E-state index in [-0.39, 0.29) is 0 Å². The van der Waals surface area contributed by atoms with Gasteiger partial charge >= 0.3 is 0 Å². The first-order chi connectivity index (χ1) is 9.22. The van der Waals surface area contributed by atoms with Crippen LogP contribution in [0.5, 0.6) is 0 Å². The fourth-order valence-electron chi connectivity index (χ4n) is 2.66. The zero-order valence-corrected chi connectivity index (χ0v) is 13.7. The lowest BCUT2D eigenvalue weighted by Gasteiger charge is -2.22. The fraction of sp³-hybridized carbons (Fsp3) is 0.500. The van der Waals surface area contributed by atoms with Gasteiger partial charge in [-0.05, 0) is 65.9 Å². The molecule has 2 rings (SSSR count). The van der Waals surface area contributed by atoms with Crippen molar-refractivity contribution in [2.45, 2.75) is 45.1 Å². The molecule has 0 aliphatic heterocycles. The van der Waals surface area contributed by atoms with Gasteiger partial charge in [0.15, 0.2) is 0 Å². The summed E-state index contributed by atoms with van der Waals surface area (Å²) in [5.74, 6) is 0. The molecule has 0 saturated heterocycles. The predicted molar refractivity (Wildman–Crippen MR) is 86.7 cm³/mol. The minimum Gasteiger partial charge on any atom is -0.307 e. The summed E-state index contributed by atoms with van der Waals surface area (Å²) in [6.07, 6.45) is 8.84. The van der Waals surface area contributed by atoms with E-state index in [1.807, 2.05) is 6.07 Å². The van der Waals surface area contributed by atoms with Gasteiger partial charge in [0.1, 0.15) is 0 Å². The molecule has 3 heteroatoms. The molecular weight excluding hydrogens is 322 g/mol. The third-order valence-electron chi connectivity index (χ3n) is 3.63. The molecule has 1 N–H and O–H groups in total. The zero-order chi connectivity index (χ0) is 13.7. The number of rotatable bonds is 4. The van der Waals surface area contributed by atoms with Crippen LogP contribution in [0.1, 0.15) is 50.6 Å². The number of benzene rings is 1. The standard InChI is InChI=1S/C16H21BrClN/c1-2-19-16(12-7-5-3-4-6-8-12)13-9-10-15(18)14(17)11-13/h7,9-11,16,19H,2-6,8H2,1H3. The van der Waals surface area contributed by atoms with Gasteiger partial charge in [-0.15, -0.1) is 0 Å². The number of hydrogen-bond acceptors (Lipinski definition) is 1. The topological polar surface area (TPSA) is 12.0 Å². The summed E-state index contributed by atoms with van der Waals surface area (Å²) >= 11 is 9.62. The van der Waals surface area contributed by atoms with Crippen LogP contribution in [0.25, 0.3) is 0 Å². The van der Waals surface area contributed by atoms with E-state index in [1.54, 1.807) is 0 Å². The monoisotopic (exact) mass is 341 g/mol. The molecule has 1 aromatic rings. The molecule has 0 heterocycles. The lowest BCUT2D eigenvalue weighted by molar-refractivity contribution is 0.589. The van der Waals surface area contributed by atoms with E-state index in [0.29, 0.717) is 6.04 Å². The summed E-state index contributed by atoms with van der Waals surface area (Å²) in [5, 5.41) is 4.38. The van der Waals surface area contributed by atoms with E-state index in [9.17, 15) is 0 Å². The van der Waals surface area contributed by atoms with Crippen molar-refractivity contribution in [3.63, 3.8) is 0 Å². The average Bonchev–Trinajstić information content (AvgIpc) is 2.68. The first-order valence-corrected chi connectivity index (χ1v) is 8.26. The summed E-state index contributed by atoms with van der Waals surface area (Å²) in [6.45, 7) is 3.14. The van der Waals surface area contributed by atoms with E-state index >= 15 is 0 Å². The van der Waals surface area contributed by atoms with E-state index in [0.717, 1.165) is 16.0 Å². The summed E-state index contributed by atoms with van der Waals surface area (Å²) in [6, 6.07) is 6.58. The van der Waals surface area contributed by atoms with Gasteiger partial charge in [-0.2, -0.15) is 0 Å². The highest BCUT2D eigenvalue weighted by molar-refractivity contribution is 9.10. The van der Waals surface area contributed by atoms with Crippen molar-refractivity contribution < 1.29 is 0 Å². The smallest absolute Gasteiger partial charge is 0.0548 e. The maximum atomic E-state index is 6.09. The van der Waals surface area contributed by atoms with E-state index < -0.39 is 0 Å². The second-order valence-corrected chi connectivity index (χ2v) is 6.30. The number of likely N-dealkylation sites (N-methyl/N-ethyl adjacent to an activating group) is 1. The van der Waals surface area contributed by atoms with Crippen LogP contribution in [0.15, 0.2) is 34.3 Å². The first-order valence-electron chi connectivity index (χ1n) is 7.09.